The molecule has 0 spiro atoms. The SMILES string of the molecule is COC(=O)c1ccccc1NC(=O)c1csc(Nc2ccc(S(C)(=O)=O)cc2)n1. The van der Waals surface area contributed by atoms with E-state index in [0.717, 1.165) is 6.26 Å². The molecule has 0 fully saturated rings. The Morgan fingerprint density at radius 1 is 1.07 bits per heavy atom. The number of anilines is 3. The highest BCUT2D eigenvalue weighted by Crippen LogP contribution is 2.23. The summed E-state index contributed by atoms with van der Waals surface area (Å²) >= 11 is 1.22. The molecule has 1 amide bonds. The molecule has 0 saturated carbocycles. The van der Waals surface area contributed by atoms with Crippen LogP contribution in [-0.4, -0.2) is 38.6 Å². The summed E-state index contributed by atoms with van der Waals surface area (Å²) in [4.78, 5) is 28.7. The molecule has 0 bridgehead atoms. The van der Waals surface area contributed by atoms with Crippen molar-refractivity contribution in [2.24, 2.45) is 0 Å². The molecular formula is C19H17N3O5S2. The highest BCUT2D eigenvalue weighted by Gasteiger charge is 2.16. The first-order chi connectivity index (χ1) is 13.8. The lowest BCUT2D eigenvalue weighted by Gasteiger charge is -2.08. The van der Waals surface area contributed by atoms with Crippen molar-refractivity contribution in [3.63, 3.8) is 0 Å². The van der Waals surface area contributed by atoms with Gasteiger partial charge in [0.25, 0.3) is 5.91 Å². The first-order valence-corrected chi connectivity index (χ1v) is 11.1. The molecule has 3 rings (SSSR count). The van der Waals surface area contributed by atoms with Gasteiger partial charge in [-0.25, -0.2) is 18.2 Å². The molecule has 3 aromatic rings. The van der Waals surface area contributed by atoms with Crippen LogP contribution in [0.4, 0.5) is 16.5 Å². The lowest BCUT2D eigenvalue weighted by Crippen LogP contribution is -2.15. The van der Waals surface area contributed by atoms with Crippen LogP contribution in [0.5, 0.6) is 0 Å². The van der Waals surface area contributed by atoms with Crippen LogP contribution in [-0.2, 0) is 14.6 Å². The number of para-hydroxylation sites is 1. The number of aromatic nitrogens is 1. The van der Waals surface area contributed by atoms with Gasteiger partial charge in [0.1, 0.15) is 5.69 Å². The van der Waals surface area contributed by atoms with Crippen molar-refractivity contribution in [2.45, 2.75) is 4.90 Å². The van der Waals surface area contributed by atoms with Crippen molar-refractivity contribution in [3.8, 4) is 0 Å². The van der Waals surface area contributed by atoms with Crippen molar-refractivity contribution < 1.29 is 22.7 Å². The fourth-order valence-electron chi connectivity index (χ4n) is 2.41. The number of carbonyl (C=O) groups excluding carboxylic acids is 2. The Hall–Kier alpha value is -3.24. The van der Waals surface area contributed by atoms with E-state index in [1.165, 1.54) is 30.6 Å². The van der Waals surface area contributed by atoms with Crippen LogP contribution in [0.3, 0.4) is 0 Å². The predicted octanol–water partition coefficient (Wildman–Crippen LogP) is 3.33. The number of methoxy groups -OCH3 is 1. The highest BCUT2D eigenvalue weighted by atomic mass is 32.2. The molecule has 150 valence electrons. The smallest absolute Gasteiger partial charge is 0.339 e. The fourth-order valence-corrected chi connectivity index (χ4v) is 3.75. The quantitative estimate of drug-likeness (QED) is 0.575. The maximum Gasteiger partial charge on any atom is 0.339 e. The molecule has 10 heteroatoms. The number of thiazole rings is 1. The predicted molar refractivity (Wildman–Crippen MR) is 111 cm³/mol. The largest absolute Gasteiger partial charge is 0.465 e. The lowest BCUT2D eigenvalue weighted by atomic mass is 10.2. The molecule has 0 aliphatic rings. The zero-order chi connectivity index (χ0) is 21.0. The summed E-state index contributed by atoms with van der Waals surface area (Å²) in [7, 11) is -2.00. The summed E-state index contributed by atoms with van der Waals surface area (Å²) in [5.74, 6) is -1.03. The standard InChI is InChI=1S/C19H17N3O5S2/c1-27-18(24)14-5-3-4-6-15(14)21-17(23)16-11-28-19(22-16)20-12-7-9-13(10-8-12)29(2,25)26/h3-11H,1-2H3,(H,20,22)(H,21,23). The zero-order valence-electron chi connectivity index (χ0n) is 15.5. The monoisotopic (exact) mass is 431 g/mol. The molecule has 1 aromatic heterocycles. The van der Waals surface area contributed by atoms with Crippen LogP contribution >= 0.6 is 11.3 Å². The van der Waals surface area contributed by atoms with Gasteiger partial charge in [-0.1, -0.05) is 12.1 Å². The molecule has 0 saturated heterocycles. The number of nitrogens with one attached hydrogen (secondary N) is 2. The van der Waals surface area contributed by atoms with E-state index < -0.39 is 21.7 Å². The van der Waals surface area contributed by atoms with E-state index in [-0.39, 0.29) is 16.2 Å². The molecule has 0 aliphatic heterocycles. The maximum absolute atomic E-state index is 12.5. The van der Waals surface area contributed by atoms with Gasteiger partial charge < -0.3 is 15.4 Å². The van der Waals surface area contributed by atoms with Gasteiger partial charge in [0.2, 0.25) is 0 Å². The van der Waals surface area contributed by atoms with Crippen LogP contribution in [0, 0.1) is 0 Å². The van der Waals surface area contributed by atoms with E-state index in [0.29, 0.717) is 16.5 Å². The second-order valence-corrected chi connectivity index (χ2v) is 8.82. The molecular weight excluding hydrogens is 414 g/mol. The molecule has 1 heterocycles. The lowest BCUT2D eigenvalue weighted by molar-refractivity contribution is 0.0602. The van der Waals surface area contributed by atoms with Crippen molar-refractivity contribution in [2.75, 3.05) is 24.0 Å². The number of sulfone groups is 1. The second-order valence-electron chi connectivity index (χ2n) is 5.95. The minimum atomic E-state index is -3.27. The van der Waals surface area contributed by atoms with Gasteiger partial charge in [0.05, 0.1) is 23.3 Å². The summed E-state index contributed by atoms with van der Waals surface area (Å²) in [5.41, 5.74) is 1.37. The molecule has 0 unspecified atom stereocenters. The van der Waals surface area contributed by atoms with Crippen LogP contribution < -0.4 is 10.6 Å². The van der Waals surface area contributed by atoms with Gasteiger partial charge >= 0.3 is 5.97 Å². The number of carbonyl (C=O) groups is 2. The third-order valence-electron chi connectivity index (χ3n) is 3.85. The van der Waals surface area contributed by atoms with Gasteiger partial charge in [-0.15, -0.1) is 11.3 Å². The number of esters is 1. The third kappa shape index (κ3) is 4.98. The number of rotatable bonds is 6. The number of amides is 1. The first-order valence-electron chi connectivity index (χ1n) is 8.29. The van der Waals surface area contributed by atoms with E-state index in [1.807, 2.05) is 0 Å². The van der Waals surface area contributed by atoms with Crippen molar-refractivity contribution >= 4 is 49.6 Å². The Morgan fingerprint density at radius 3 is 2.41 bits per heavy atom. The Kier molecular flexibility index (Phi) is 5.95. The first kappa shape index (κ1) is 20.5. The molecule has 0 radical (unpaired) electrons. The van der Waals surface area contributed by atoms with Gasteiger partial charge in [-0.2, -0.15) is 0 Å². The topological polar surface area (TPSA) is 114 Å². The Bertz CT molecular complexity index is 1150. The molecule has 2 aromatic carbocycles. The summed E-state index contributed by atoms with van der Waals surface area (Å²) in [6.45, 7) is 0. The summed E-state index contributed by atoms with van der Waals surface area (Å²) < 4.78 is 27.7. The van der Waals surface area contributed by atoms with Gasteiger partial charge in [-0.3, -0.25) is 4.79 Å². The minimum Gasteiger partial charge on any atom is -0.465 e. The average Bonchev–Trinajstić information content (AvgIpc) is 3.16. The maximum atomic E-state index is 12.5. The Morgan fingerprint density at radius 2 is 1.76 bits per heavy atom. The molecule has 0 atom stereocenters. The van der Waals surface area contributed by atoms with Crippen molar-refractivity contribution in [3.05, 3.63) is 65.2 Å². The van der Waals surface area contributed by atoms with Crippen LogP contribution in [0.15, 0.2) is 58.8 Å². The van der Waals surface area contributed by atoms with E-state index in [1.54, 1.807) is 41.8 Å². The van der Waals surface area contributed by atoms with Gasteiger partial charge in [0, 0.05) is 17.3 Å². The van der Waals surface area contributed by atoms with Gasteiger partial charge in [-0.05, 0) is 36.4 Å². The van der Waals surface area contributed by atoms with Crippen LogP contribution in [0.25, 0.3) is 0 Å². The van der Waals surface area contributed by atoms with Crippen molar-refractivity contribution in [1.29, 1.82) is 0 Å². The fraction of sp³-hybridized carbons (Fsp3) is 0.105. The van der Waals surface area contributed by atoms with Crippen LogP contribution in [0.2, 0.25) is 0 Å². The summed E-state index contributed by atoms with van der Waals surface area (Å²) in [6, 6.07) is 12.7. The molecule has 8 nitrogen and oxygen atoms in total. The van der Waals surface area contributed by atoms with E-state index >= 15 is 0 Å². The molecule has 0 aliphatic carbocycles. The van der Waals surface area contributed by atoms with Crippen LogP contribution in [0.1, 0.15) is 20.8 Å². The van der Waals surface area contributed by atoms with Gasteiger partial charge in [0.15, 0.2) is 15.0 Å². The molecule has 2 N–H and O–H groups in total. The number of hydrogen-bond acceptors (Lipinski definition) is 8. The number of ether oxygens (including phenoxy) is 1. The summed E-state index contributed by atoms with van der Waals surface area (Å²) in [5, 5.41) is 7.71. The Labute approximate surface area is 171 Å². The zero-order valence-corrected chi connectivity index (χ0v) is 17.1. The average molecular weight is 431 g/mol. The van der Waals surface area contributed by atoms with E-state index in [9.17, 15) is 18.0 Å². The summed E-state index contributed by atoms with van der Waals surface area (Å²) in [6.07, 6.45) is 1.14. The second kappa shape index (κ2) is 8.41. The number of nitrogens with zero attached hydrogens (tertiary/aromatic N) is 1. The Balaban J connectivity index is 1.72. The van der Waals surface area contributed by atoms with Crippen molar-refractivity contribution in [1.82, 2.24) is 4.98 Å². The highest BCUT2D eigenvalue weighted by molar-refractivity contribution is 7.90. The van der Waals surface area contributed by atoms with E-state index in [4.69, 9.17) is 4.74 Å². The normalized spacial score (nSPS) is 11.0. The minimum absolute atomic E-state index is 0.171. The molecule has 29 heavy (non-hydrogen) atoms. The van der Waals surface area contributed by atoms with E-state index in [2.05, 4.69) is 15.6 Å². The number of hydrogen-bond donors (Lipinski definition) is 2. The third-order valence-corrected chi connectivity index (χ3v) is 5.74. The number of benzene rings is 2.